The number of carbonyl (C=O) groups is 2. The van der Waals surface area contributed by atoms with Gasteiger partial charge in [0.1, 0.15) is 6.04 Å². The normalized spacial score (nSPS) is 12.7. The zero-order valence-electron chi connectivity index (χ0n) is 15.3. The first-order valence-electron chi connectivity index (χ1n) is 8.60. The first-order chi connectivity index (χ1) is 13.0. The smallest absolute Gasteiger partial charge is 0.356 e. The predicted octanol–water partition coefficient (Wildman–Crippen LogP) is 2.71. The van der Waals surface area contributed by atoms with E-state index in [0.717, 1.165) is 11.1 Å². The van der Waals surface area contributed by atoms with Gasteiger partial charge in [0.25, 0.3) is 0 Å². The van der Waals surface area contributed by atoms with Crippen LogP contribution < -0.4 is 11.2 Å². The number of benzene rings is 2. The van der Waals surface area contributed by atoms with Crippen LogP contribution in [0.1, 0.15) is 33.9 Å². The van der Waals surface area contributed by atoms with Crippen molar-refractivity contribution in [3.63, 3.8) is 0 Å². The molecular formula is C21H24N2O4. The van der Waals surface area contributed by atoms with Crippen LogP contribution in [0.3, 0.4) is 0 Å². The van der Waals surface area contributed by atoms with Gasteiger partial charge in [-0.15, -0.1) is 12.1 Å². The molecule has 0 saturated carbocycles. The second-order valence-electron chi connectivity index (χ2n) is 6.03. The Balaban J connectivity index is 2.07. The van der Waals surface area contributed by atoms with E-state index in [-0.39, 0.29) is 6.04 Å². The Labute approximate surface area is 158 Å². The van der Waals surface area contributed by atoms with Crippen LogP contribution in [0.2, 0.25) is 0 Å². The van der Waals surface area contributed by atoms with Crippen molar-refractivity contribution in [1.29, 1.82) is 0 Å². The number of hydrogen-bond acceptors (Lipinski definition) is 6. The summed E-state index contributed by atoms with van der Waals surface area (Å²) in [5.41, 5.74) is 10.9. The van der Waals surface area contributed by atoms with E-state index in [4.69, 9.17) is 10.6 Å². The molecule has 0 radical (unpaired) electrons. The van der Waals surface area contributed by atoms with Crippen LogP contribution in [-0.2, 0) is 20.8 Å². The molecule has 0 amide bonds. The molecule has 0 aliphatic heterocycles. The summed E-state index contributed by atoms with van der Waals surface area (Å²) >= 11 is 0. The molecule has 2 atom stereocenters. The van der Waals surface area contributed by atoms with Crippen molar-refractivity contribution >= 4 is 11.9 Å². The number of hydroxylamine groups is 1. The fraction of sp³-hybridized carbons (Fsp3) is 0.238. The van der Waals surface area contributed by atoms with Crippen molar-refractivity contribution in [2.24, 2.45) is 5.73 Å². The minimum atomic E-state index is -0.730. The first kappa shape index (κ1) is 20.4. The van der Waals surface area contributed by atoms with E-state index in [0.29, 0.717) is 18.4 Å². The van der Waals surface area contributed by atoms with Crippen molar-refractivity contribution in [2.45, 2.75) is 24.9 Å². The fourth-order valence-corrected chi connectivity index (χ4v) is 2.60. The van der Waals surface area contributed by atoms with Gasteiger partial charge in [-0.05, 0) is 36.1 Å². The quantitative estimate of drug-likeness (QED) is 0.402. The monoisotopic (exact) mass is 368 g/mol. The Morgan fingerprint density at radius 2 is 1.93 bits per heavy atom. The Kier molecular flexibility index (Phi) is 7.73. The van der Waals surface area contributed by atoms with Gasteiger partial charge in [-0.25, -0.2) is 4.79 Å². The number of nitrogens with one attached hydrogen (secondary N) is 1. The molecule has 0 bridgehead atoms. The summed E-state index contributed by atoms with van der Waals surface area (Å²) in [5.74, 6) is -0.925. The van der Waals surface area contributed by atoms with Gasteiger partial charge in [0, 0.05) is 0 Å². The largest absolute Gasteiger partial charge is 0.468 e. The Hall–Kier alpha value is -2.96. The number of esters is 1. The average Bonchev–Trinajstić information content (AvgIpc) is 2.71. The maximum Gasteiger partial charge on any atom is 0.356 e. The SMILES string of the molecule is C=CCC(NOC(=O)c1ccccc1)c1cccc(C[C@@H](N)C(=O)OC)c1. The molecule has 2 aromatic rings. The molecular weight excluding hydrogens is 344 g/mol. The third kappa shape index (κ3) is 6.06. The Morgan fingerprint density at radius 1 is 1.19 bits per heavy atom. The first-order valence-corrected chi connectivity index (χ1v) is 8.60. The second-order valence-corrected chi connectivity index (χ2v) is 6.03. The van der Waals surface area contributed by atoms with Crippen LogP contribution in [-0.4, -0.2) is 25.1 Å². The molecule has 0 fully saturated rings. The number of methoxy groups -OCH3 is 1. The van der Waals surface area contributed by atoms with E-state index in [1.54, 1.807) is 30.3 Å². The van der Waals surface area contributed by atoms with E-state index in [2.05, 4.69) is 16.8 Å². The van der Waals surface area contributed by atoms with Crippen molar-refractivity contribution in [3.8, 4) is 0 Å². The molecule has 27 heavy (non-hydrogen) atoms. The Morgan fingerprint density at radius 3 is 2.59 bits per heavy atom. The molecule has 2 rings (SSSR count). The van der Waals surface area contributed by atoms with E-state index in [9.17, 15) is 9.59 Å². The van der Waals surface area contributed by atoms with Crippen LogP contribution in [0, 0.1) is 0 Å². The Bertz CT molecular complexity index is 777. The highest BCUT2D eigenvalue weighted by Crippen LogP contribution is 2.20. The number of rotatable bonds is 9. The van der Waals surface area contributed by atoms with Crippen LogP contribution in [0.4, 0.5) is 0 Å². The molecule has 2 aromatic carbocycles. The standard InChI is InChI=1S/C21H24N2O4/c1-3-8-19(23-27-20(24)16-10-5-4-6-11-16)17-12-7-9-15(13-17)14-18(22)21(25)26-2/h3-7,9-13,18-19,23H,1,8,14,22H2,2H3/t18-,19?/m1/s1. The van der Waals surface area contributed by atoms with Gasteiger partial charge in [0.05, 0.1) is 18.7 Å². The third-order valence-corrected chi connectivity index (χ3v) is 4.02. The summed E-state index contributed by atoms with van der Waals surface area (Å²) in [6.45, 7) is 3.75. The summed E-state index contributed by atoms with van der Waals surface area (Å²) in [5, 5.41) is 0. The zero-order valence-corrected chi connectivity index (χ0v) is 15.3. The molecule has 6 heteroatoms. The van der Waals surface area contributed by atoms with Gasteiger partial charge in [0.15, 0.2) is 0 Å². The van der Waals surface area contributed by atoms with Crippen molar-refractivity contribution < 1.29 is 19.2 Å². The van der Waals surface area contributed by atoms with Crippen molar-refractivity contribution in [3.05, 3.63) is 83.9 Å². The van der Waals surface area contributed by atoms with Crippen LogP contribution in [0.25, 0.3) is 0 Å². The van der Waals surface area contributed by atoms with Crippen LogP contribution in [0.5, 0.6) is 0 Å². The van der Waals surface area contributed by atoms with E-state index in [1.807, 2.05) is 30.3 Å². The average molecular weight is 368 g/mol. The molecule has 142 valence electrons. The molecule has 3 N–H and O–H groups in total. The summed E-state index contributed by atoms with van der Waals surface area (Å²) < 4.78 is 4.66. The molecule has 0 spiro atoms. The molecule has 0 heterocycles. The van der Waals surface area contributed by atoms with Crippen molar-refractivity contribution in [2.75, 3.05) is 7.11 Å². The molecule has 0 aromatic heterocycles. The fourth-order valence-electron chi connectivity index (χ4n) is 2.60. The van der Waals surface area contributed by atoms with Crippen LogP contribution >= 0.6 is 0 Å². The van der Waals surface area contributed by atoms with Gasteiger partial charge >= 0.3 is 11.9 Å². The maximum atomic E-state index is 12.1. The van der Waals surface area contributed by atoms with Crippen molar-refractivity contribution in [1.82, 2.24) is 5.48 Å². The highest BCUT2D eigenvalue weighted by Gasteiger charge is 2.17. The van der Waals surface area contributed by atoms with Gasteiger partial charge < -0.3 is 15.3 Å². The highest BCUT2D eigenvalue weighted by molar-refractivity contribution is 5.89. The molecule has 1 unspecified atom stereocenters. The van der Waals surface area contributed by atoms with Gasteiger partial charge in [-0.2, -0.15) is 0 Å². The minimum Gasteiger partial charge on any atom is -0.468 e. The van der Waals surface area contributed by atoms with E-state index >= 15 is 0 Å². The summed E-state index contributed by atoms with van der Waals surface area (Å²) in [6.07, 6.45) is 2.64. The number of ether oxygens (including phenoxy) is 1. The second kappa shape index (κ2) is 10.3. The zero-order chi connectivity index (χ0) is 19.6. The van der Waals surface area contributed by atoms with E-state index in [1.165, 1.54) is 7.11 Å². The molecule has 0 aliphatic carbocycles. The molecule has 0 aliphatic rings. The van der Waals surface area contributed by atoms with Gasteiger partial charge in [0.2, 0.25) is 0 Å². The number of carbonyl (C=O) groups excluding carboxylic acids is 2. The lowest BCUT2D eigenvalue weighted by atomic mass is 9.99. The summed E-state index contributed by atoms with van der Waals surface area (Å²) in [6, 6.07) is 15.3. The topological polar surface area (TPSA) is 90.6 Å². The maximum absolute atomic E-state index is 12.1. The van der Waals surface area contributed by atoms with Gasteiger partial charge in [-0.1, -0.05) is 48.5 Å². The lowest BCUT2D eigenvalue weighted by molar-refractivity contribution is -0.142. The summed E-state index contributed by atoms with van der Waals surface area (Å²) in [4.78, 5) is 28.9. The lowest BCUT2D eigenvalue weighted by Gasteiger charge is -2.18. The van der Waals surface area contributed by atoms with Crippen LogP contribution in [0.15, 0.2) is 67.3 Å². The van der Waals surface area contributed by atoms with Gasteiger partial charge in [-0.3, -0.25) is 4.79 Å². The predicted molar refractivity (Wildman–Crippen MR) is 103 cm³/mol. The molecule has 0 saturated heterocycles. The highest BCUT2D eigenvalue weighted by atomic mass is 16.7. The molecule has 6 nitrogen and oxygen atoms in total. The summed E-state index contributed by atoms with van der Waals surface area (Å²) in [7, 11) is 1.31. The lowest BCUT2D eigenvalue weighted by Crippen LogP contribution is -2.33. The van der Waals surface area contributed by atoms with E-state index < -0.39 is 18.0 Å². The minimum absolute atomic E-state index is 0.274. The number of hydrogen-bond donors (Lipinski definition) is 2. The number of nitrogens with two attached hydrogens (primary N) is 1. The third-order valence-electron chi connectivity index (χ3n) is 4.02.